The number of rotatable bonds is 9. The minimum absolute atomic E-state index is 0.00543. The van der Waals surface area contributed by atoms with Gasteiger partial charge in [-0.25, -0.2) is 0 Å². The average molecular weight is 447 g/mol. The molecule has 2 saturated heterocycles. The summed E-state index contributed by atoms with van der Waals surface area (Å²) in [4.78, 5) is 7.61. The molecule has 0 saturated carbocycles. The third kappa shape index (κ3) is 6.59. The quantitative estimate of drug-likeness (QED) is 0.449. The molecule has 1 aromatic rings. The van der Waals surface area contributed by atoms with Crippen LogP contribution in [0.1, 0.15) is 39.2 Å². The van der Waals surface area contributed by atoms with E-state index in [0.29, 0.717) is 12.0 Å². The van der Waals surface area contributed by atoms with Crippen molar-refractivity contribution in [2.24, 2.45) is 10.9 Å². The standard InChI is InChI=1S/C25H42N4O3/c1-5-26-24(27-18-23(20(2)3)29-12-16-32-17-13-29)28-19-25(10-14-31-15-11-25)21-6-8-22(30-4)9-7-21/h6-9,20,23H,5,10-19H2,1-4H3,(H2,26,27,28). The Morgan fingerprint density at radius 1 is 1.06 bits per heavy atom. The van der Waals surface area contributed by atoms with Crippen molar-refractivity contribution in [3.05, 3.63) is 29.8 Å². The van der Waals surface area contributed by atoms with Gasteiger partial charge in [0.25, 0.3) is 0 Å². The van der Waals surface area contributed by atoms with Gasteiger partial charge in [-0.3, -0.25) is 9.89 Å². The van der Waals surface area contributed by atoms with E-state index >= 15 is 0 Å². The minimum Gasteiger partial charge on any atom is -0.497 e. The second kappa shape index (κ2) is 12.4. The van der Waals surface area contributed by atoms with Crippen LogP contribution in [0.5, 0.6) is 5.75 Å². The van der Waals surface area contributed by atoms with Crippen LogP contribution >= 0.6 is 0 Å². The highest BCUT2D eigenvalue weighted by Crippen LogP contribution is 2.36. The molecule has 0 radical (unpaired) electrons. The Kier molecular flexibility index (Phi) is 9.63. The fraction of sp³-hybridized carbons (Fsp3) is 0.720. The summed E-state index contributed by atoms with van der Waals surface area (Å²) in [6.07, 6.45) is 1.95. The number of morpholine rings is 1. The molecule has 2 N–H and O–H groups in total. The fourth-order valence-corrected chi connectivity index (χ4v) is 4.71. The van der Waals surface area contributed by atoms with Crippen LogP contribution in [-0.4, -0.2) is 83.2 Å². The van der Waals surface area contributed by atoms with E-state index in [2.05, 4.69) is 60.6 Å². The summed E-state index contributed by atoms with van der Waals surface area (Å²) in [5, 5.41) is 7.08. The van der Waals surface area contributed by atoms with Gasteiger partial charge in [-0.2, -0.15) is 0 Å². The predicted octanol–water partition coefficient (Wildman–Crippen LogP) is 2.66. The summed E-state index contributed by atoms with van der Waals surface area (Å²) in [6.45, 7) is 14.4. The van der Waals surface area contributed by atoms with Gasteiger partial charge in [-0.05, 0) is 43.4 Å². The Hall–Kier alpha value is -1.83. The molecule has 2 aliphatic rings. The molecule has 7 heteroatoms. The molecule has 2 fully saturated rings. The number of hydrogen-bond acceptors (Lipinski definition) is 5. The number of nitrogens with zero attached hydrogens (tertiary/aromatic N) is 2. The fourth-order valence-electron chi connectivity index (χ4n) is 4.71. The predicted molar refractivity (Wildman–Crippen MR) is 130 cm³/mol. The first-order valence-electron chi connectivity index (χ1n) is 12.1. The Morgan fingerprint density at radius 3 is 2.31 bits per heavy atom. The molecule has 1 atom stereocenters. The van der Waals surface area contributed by atoms with Crippen LogP contribution in [0, 0.1) is 5.92 Å². The number of aliphatic imine (C=N–C) groups is 1. The van der Waals surface area contributed by atoms with Gasteiger partial charge in [0.2, 0.25) is 0 Å². The molecule has 2 heterocycles. The lowest BCUT2D eigenvalue weighted by Gasteiger charge is -2.38. The Morgan fingerprint density at radius 2 is 1.72 bits per heavy atom. The van der Waals surface area contributed by atoms with Crippen LogP contribution in [-0.2, 0) is 14.9 Å². The highest BCUT2D eigenvalue weighted by Gasteiger charge is 2.34. The normalized spacial score (nSPS) is 20.7. The topological polar surface area (TPSA) is 67.4 Å². The zero-order valence-electron chi connectivity index (χ0n) is 20.4. The molecule has 1 aromatic carbocycles. The maximum absolute atomic E-state index is 5.70. The van der Waals surface area contributed by atoms with Crippen molar-refractivity contribution in [2.75, 3.05) is 66.3 Å². The van der Waals surface area contributed by atoms with Crippen molar-refractivity contribution in [3.63, 3.8) is 0 Å². The molecular weight excluding hydrogens is 404 g/mol. The number of methoxy groups -OCH3 is 1. The van der Waals surface area contributed by atoms with E-state index in [1.165, 1.54) is 5.56 Å². The average Bonchev–Trinajstić information content (AvgIpc) is 2.83. The van der Waals surface area contributed by atoms with Crippen molar-refractivity contribution in [3.8, 4) is 5.75 Å². The second-order valence-corrected chi connectivity index (χ2v) is 9.16. The molecule has 3 rings (SSSR count). The van der Waals surface area contributed by atoms with Gasteiger partial charge < -0.3 is 24.8 Å². The molecule has 32 heavy (non-hydrogen) atoms. The molecule has 0 amide bonds. The third-order valence-electron chi connectivity index (χ3n) is 6.80. The largest absolute Gasteiger partial charge is 0.497 e. The van der Waals surface area contributed by atoms with Gasteiger partial charge >= 0.3 is 0 Å². The number of hydrogen-bond donors (Lipinski definition) is 2. The molecule has 0 aromatic heterocycles. The van der Waals surface area contributed by atoms with Gasteiger partial charge in [-0.15, -0.1) is 0 Å². The zero-order valence-corrected chi connectivity index (χ0v) is 20.4. The van der Waals surface area contributed by atoms with Gasteiger partial charge in [-0.1, -0.05) is 26.0 Å². The Balaban J connectivity index is 1.71. The lowest BCUT2D eigenvalue weighted by atomic mass is 9.74. The van der Waals surface area contributed by atoms with Crippen molar-refractivity contribution in [1.82, 2.24) is 15.5 Å². The van der Waals surface area contributed by atoms with Crippen LogP contribution in [0.3, 0.4) is 0 Å². The van der Waals surface area contributed by atoms with E-state index in [0.717, 1.165) is 83.7 Å². The molecule has 180 valence electrons. The van der Waals surface area contributed by atoms with Crippen molar-refractivity contribution < 1.29 is 14.2 Å². The lowest BCUT2D eigenvalue weighted by Crippen LogP contribution is -2.52. The molecular formula is C25H42N4O3. The molecule has 0 spiro atoms. The van der Waals surface area contributed by atoms with Gasteiger partial charge in [0.1, 0.15) is 5.75 Å². The van der Waals surface area contributed by atoms with Gasteiger partial charge in [0, 0.05) is 50.8 Å². The minimum atomic E-state index is -0.00543. The van der Waals surface area contributed by atoms with Crippen molar-refractivity contribution in [1.29, 1.82) is 0 Å². The highest BCUT2D eigenvalue weighted by molar-refractivity contribution is 5.79. The van der Waals surface area contributed by atoms with Crippen LogP contribution in [0.15, 0.2) is 29.3 Å². The van der Waals surface area contributed by atoms with Crippen LogP contribution in [0.4, 0.5) is 0 Å². The van der Waals surface area contributed by atoms with Gasteiger partial charge in [0.15, 0.2) is 5.96 Å². The van der Waals surface area contributed by atoms with E-state index in [4.69, 9.17) is 19.2 Å². The Bertz CT molecular complexity index is 696. The van der Waals surface area contributed by atoms with Crippen LogP contribution in [0.2, 0.25) is 0 Å². The zero-order chi connectivity index (χ0) is 22.8. The maximum Gasteiger partial charge on any atom is 0.191 e. The van der Waals surface area contributed by atoms with E-state index in [1.807, 2.05) is 0 Å². The summed E-state index contributed by atoms with van der Waals surface area (Å²) in [6, 6.07) is 8.94. The monoisotopic (exact) mass is 446 g/mol. The highest BCUT2D eigenvalue weighted by atomic mass is 16.5. The first-order chi connectivity index (χ1) is 15.6. The number of benzene rings is 1. The number of nitrogens with one attached hydrogen (secondary N) is 2. The van der Waals surface area contributed by atoms with E-state index in [-0.39, 0.29) is 5.41 Å². The van der Waals surface area contributed by atoms with Gasteiger partial charge in [0.05, 0.1) is 26.9 Å². The summed E-state index contributed by atoms with van der Waals surface area (Å²) in [7, 11) is 1.71. The number of ether oxygens (including phenoxy) is 3. The molecule has 1 unspecified atom stereocenters. The van der Waals surface area contributed by atoms with E-state index in [9.17, 15) is 0 Å². The smallest absolute Gasteiger partial charge is 0.191 e. The summed E-state index contributed by atoms with van der Waals surface area (Å²) in [5.41, 5.74) is 1.31. The lowest BCUT2D eigenvalue weighted by molar-refractivity contribution is 0.00751. The first kappa shape index (κ1) is 24.8. The van der Waals surface area contributed by atoms with E-state index < -0.39 is 0 Å². The van der Waals surface area contributed by atoms with E-state index in [1.54, 1.807) is 7.11 Å². The molecule has 7 nitrogen and oxygen atoms in total. The molecule has 0 bridgehead atoms. The summed E-state index contributed by atoms with van der Waals surface area (Å²) >= 11 is 0. The van der Waals surface area contributed by atoms with Crippen LogP contribution in [0.25, 0.3) is 0 Å². The van der Waals surface area contributed by atoms with Crippen LogP contribution < -0.4 is 15.4 Å². The van der Waals surface area contributed by atoms with Crippen molar-refractivity contribution in [2.45, 2.75) is 45.1 Å². The molecule has 0 aliphatic carbocycles. The SMILES string of the molecule is CCNC(=NCC1(c2ccc(OC)cc2)CCOCC1)NCC(C(C)C)N1CCOCC1. The first-order valence-corrected chi connectivity index (χ1v) is 12.1. The summed E-state index contributed by atoms with van der Waals surface area (Å²) in [5.74, 6) is 2.34. The summed E-state index contributed by atoms with van der Waals surface area (Å²) < 4.78 is 16.6. The Labute approximate surface area is 193 Å². The maximum atomic E-state index is 5.70. The number of guanidine groups is 1. The van der Waals surface area contributed by atoms with Crippen molar-refractivity contribution >= 4 is 5.96 Å². The second-order valence-electron chi connectivity index (χ2n) is 9.16. The molecule has 2 aliphatic heterocycles. The third-order valence-corrected chi connectivity index (χ3v) is 6.80.